The van der Waals surface area contributed by atoms with Crippen molar-refractivity contribution in [2.24, 2.45) is 0 Å². The first-order chi connectivity index (χ1) is 5.27. The van der Waals surface area contributed by atoms with Gasteiger partial charge in [0.15, 0.2) is 0 Å². The van der Waals surface area contributed by atoms with Gasteiger partial charge in [-0.15, -0.1) is 0 Å². The van der Waals surface area contributed by atoms with Gasteiger partial charge >= 0.3 is 0 Å². The molecule has 0 aromatic heterocycles. The van der Waals surface area contributed by atoms with Crippen LogP contribution in [0.1, 0.15) is 11.1 Å². The molecule has 2 rings (SSSR count). The fraction of sp³-hybridized carbons (Fsp3) is 0.111. The van der Waals surface area contributed by atoms with E-state index in [9.17, 15) is 5.11 Å². The van der Waals surface area contributed by atoms with E-state index in [2.05, 4.69) is 0 Å². The summed E-state index contributed by atoms with van der Waals surface area (Å²) in [7, 11) is 0. The van der Waals surface area contributed by atoms with Crippen molar-refractivity contribution in [1.82, 2.24) is 0 Å². The number of phenolic OH excluding ortho intramolecular Hbond substituents is 1. The Bertz CT molecular complexity index is 326. The lowest BCUT2D eigenvalue weighted by Gasteiger charge is -1.98. The van der Waals surface area contributed by atoms with Gasteiger partial charge in [0.2, 0.25) is 0 Å². The second-order valence-electron chi connectivity index (χ2n) is 2.66. The number of hydrogen-bond donors (Lipinski definition) is 2. The normalized spacial score (nSPS) is 14.4. The maximum Gasteiger partial charge on any atom is 0.123 e. The Morgan fingerprint density at radius 1 is 1.18 bits per heavy atom. The van der Waals surface area contributed by atoms with E-state index < -0.39 is 0 Å². The number of rotatable bonds is 0. The molecule has 2 N–H and O–H groups in total. The summed E-state index contributed by atoms with van der Waals surface area (Å²) in [4.78, 5) is 0. The van der Waals surface area contributed by atoms with E-state index in [1.807, 2.05) is 6.07 Å². The van der Waals surface area contributed by atoms with Crippen molar-refractivity contribution in [3.63, 3.8) is 0 Å². The van der Waals surface area contributed by atoms with Crippen LogP contribution in [0.5, 0.6) is 5.75 Å². The van der Waals surface area contributed by atoms with E-state index in [-0.39, 0.29) is 5.75 Å². The molecule has 1 aliphatic carbocycles. The van der Waals surface area contributed by atoms with E-state index in [4.69, 9.17) is 5.11 Å². The van der Waals surface area contributed by atoms with E-state index in [0.717, 1.165) is 11.1 Å². The molecule has 1 aromatic carbocycles. The smallest absolute Gasteiger partial charge is 0.123 e. The lowest BCUT2D eigenvalue weighted by Crippen LogP contribution is -1.82. The molecule has 2 nitrogen and oxygen atoms in total. The van der Waals surface area contributed by atoms with Crippen molar-refractivity contribution in [3.05, 3.63) is 35.1 Å². The molecular weight excluding hydrogens is 140 g/mol. The predicted octanol–water partition coefficient (Wildman–Crippen LogP) is 1.85. The lowest BCUT2D eigenvalue weighted by molar-refractivity contribution is 0.408. The molecule has 0 bridgehead atoms. The van der Waals surface area contributed by atoms with Gasteiger partial charge in [0.1, 0.15) is 5.75 Å². The van der Waals surface area contributed by atoms with Gasteiger partial charge in [-0.2, -0.15) is 0 Å². The molecule has 1 aliphatic rings. The number of fused-ring (bicyclic) bond motifs is 1. The average molecular weight is 148 g/mol. The van der Waals surface area contributed by atoms with Crippen LogP contribution in [0.3, 0.4) is 0 Å². The van der Waals surface area contributed by atoms with Crippen molar-refractivity contribution >= 4 is 6.08 Å². The Morgan fingerprint density at radius 2 is 2.00 bits per heavy atom. The van der Waals surface area contributed by atoms with Crippen molar-refractivity contribution in [1.29, 1.82) is 0 Å². The number of allylic oxidation sites excluding steroid dienone is 1. The van der Waals surface area contributed by atoms with Crippen molar-refractivity contribution in [2.45, 2.75) is 6.42 Å². The van der Waals surface area contributed by atoms with Crippen LogP contribution in [0.15, 0.2) is 24.0 Å². The van der Waals surface area contributed by atoms with Gasteiger partial charge in [-0.1, -0.05) is 12.1 Å². The summed E-state index contributed by atoms with van der Waals surface area (Å²) in [5.41, 5.74) is 1.74. The van der Waals surface area contributed by atoms with Crippen LogP contribution >= 0.6 is 0 Å². The number of aromatic hydroxyl groups is 1. The van der Waals surface area contributed by atoms with Crippen LogP contribution in [0.25, 0.3) is 6.08 Å². The lowest BCUT2D eigenvalue weighted by atomic mass is 10.1. The zero-order chi connectivity index (χ0) is 7.84. The van der Waals surface area contributed by atoms with Crippen LogP contribution in [0.4, 0.5) is 0 Å². The number of benzene rings is 1. The van der Waals surface area contributed by atoms with Crippen LogP contribution in [0.2, 0.25) is 0 Å². The third-order valence-electron chi connectivity index (χ3n) is 1.86. The van der Waals surface area contributed by atoms with Crippen molar-refractivity contribution in [2.75, 3.05) is 0 Å². The largest absolute Gasteiger partial charge is 0.512 e. The predicted molar refractivity (Wildman–Crippen MR) is 42.4 cm³/mol. The van der Waals surface area contributed by atoms with Crippen molar-refractivity contribution in [3.8, 4) is 5.75 Å². The maximum atomic E-state index is 9.29. The summed E-state index contributed by atoms with van der Waals surface area (Å²) >= 11 is 0. The summed E-state index contributed by atoms with van der Waals surface area (Å²) in [5, 5.41) is 18.4. The second kappa shape index (κ2) is 2.02. The molecule has 11 heavy (non-hydrogen) atoms. The summed E-state index contributed by atoms with van der Waals surface area (Å²) in [5.74, 6) is 0.563. The highest BCUT2D eigenvalue weighted by molar-refractivity contribution is 5.67. The molecule has 56 valence electrons. The topological polar surface area (TPSA) is 40.5 Å². The third-order valence-corrected chi connectivity index (χ3v) is 1.86. The van der Waals surface area contributed by atoms with E-state index in [0.29, 0.717) is 12.2 Å². The first-order valence-electron chi connectivity index (χ1n) is 3.48. The van der Waals surface area contributed by atoms with Crippen molar-refractivity contribution < 1.29 is 10.2 Å². The molecule has 0 atom stereocenters. The minimum atomic E-state index is 0.242. The highest BCUT2D eigenvalue weighted by atomic mass is 16.3. The quantitative estimate of drug-likeness (QED) is 0.589. The highest BCUT2D eigenvalue weighted by Crippen LogP contribution is 2.30. The third kappa shape index (κ3) is 0.871. The van der Waals surface area contributed by atoms with Gasteiger partial charge in [-0.3, -0.25) is 0 Å². The molecule has 0 saturated carbocycles. The van der Waals surface area contributed by atoms with Gasteiger partial charge in [0, 0.05) is 12.0 Å². The Morgan fingerprint density at radius 3 is 2.73 bits per heavy atom. The molecule has 0 fully saturated rings. The molecule has 0 radical (unpaired) electrons. The second-order valence-corrected chi connectivity index (χ2v) is 2.66. The summed E-state index contributed by atoms with van der Waals surface area (Å²) < 4.78 is 0. The van der Waals surface area contributed by atoms with Gasteiger partial charge in [-0.05, 0) is 17.7 Å². The average Bonchev–Trinajstić information content (AvgIpc) is 2.31. The monoisotopic (exact) mass is 148 g/mol. The summed E-state index contributed by atoms with van der Waals surface area (Å²) in [6.07, 6.45) is 2.15. The van der Waals surface area contributed by atoms with Crippen LogP contribution in [-0.4, -0.2) is 10.2 Å². The molecule has 0 heterocycles. The zero-order valence-corrected chi connectivity index (χ0v) is 5.91. The summed E-state index contributed by atoms with van der Waals surface area (Å²) in [6.45, 7) is 0. The van der Waals surface area contributed by atoms with Crippen LogP contribution in [0, 0.1) is 0 Å². The maximum absolute atomic E-state index is 9.29. The first kappa shape index (κ1) is 6.28. The first-order valence-corrected chi connectivity index (χ1v) is 3.48. The van der Waals surface area contributed by atoms with E-state index >= 15 is 0 Å². The standard InChI is InChI=1S/C9H8O2/c10-7-4-6-2-1-3-9(11)8(6)5-7/h1-3,5,10-11H,4H2. The minimum absolute atomic E-state index is 0.242. The van der Waals surface area contributed by atoms with Crippen LogP contribution < -0.4 is 0 Å². The Hall–Kier alpha value is -1.44. The molecule has 0 spiro atoms. The number of hydrogen-bond acceptors (Lipinski definition) is 2. The molecule has 0 amide bonds. The molecular formula is C9H8O2. The zero-order valence-electron chi connectivity index (χ0n) is 5.91. The number of aliphatic hydroxyl groups excluding tert-OH is 1. The Balaban J connectivity index is 2.61. The molecule has 1 aromatic rings. The van der Waals surface area contributed by atoms with Gasteiger partial charge < -0.3 is 10.2 Å². The fourth-order valence-electron chi connectivity index (χ4n) is 1.33. The van der Waals surface area contributed by atoms with Gasteiger partial charge in [0.05, 0.1) is 5.76 Å². The molecule has 0 unspecified atom stereocenters. The van der Waals surface area contributed by atoms with Gasteiger partial charge in [0.25, 0.3) is 0 Å². The number of phenols is 1. The van der Waals surface area contributed by atoms with Gasteiger partial charge in [-0.25, -0.2) is 0 Å². The molecule has 2 heteroatoms. The number of aliphatic hydroxyl groups is 1. The van der Waals surface area contributed by atoms with E-state index in [1.165, 1.54) is 0 Å². The highest BCUT2D eigenvalue weighted by Gasteiger charge is 2.13. The molecule has 0 saturated heterocycles. The fourth-order valence-corrected chi connectivity index (χ4v) is 1.33. The Kier molecular flexibility index (Phi) is 1.15. The minimum Gasteiger partial charge on any atom is -0.512 e. The van der Waals surface area contributed by atoms with E-state index in [1.54, 1.807) is 18.2 Å². The molecule has 0 aliphatic heterocycles. The summed E-state index contributed by atoms with van der Waals surface area (Å²) in [6, 6.07) is 5.29. The SMILES string of the molecule is OC1=Cc2c(O)cccc2C1. The van der Waals surface area contributed by atoms with Crippen LogP contribution in [-0.2, 0) is 6.42 Å². The Labute approximate surface area is 64.4 Å².